The number of nitrogens with one attached hydrogen (secondary N) is 2. The molecule has 0 spiro atoms. The molecular formula is C44H47N8O13P. The lowest BCUT2D eigenvalue weighted by Gasteiger charge is -2.37. The molecule has 0 amide bonds. The fourth-order valence-corrected chi connectivity index (χ4v) is 9.43. The Balaban J connectivity index is 1.14. The van der Waals surface area contributed by atoms with Gasteiger partial charge in [-0.05, 0) is 47.9 Å². The maximum Gasteiger partial charge on any atom is 0.475 e. The summed E-state index contributed by atoms with van der Waals surface area (Å²) in [5.74, 6) is 1.07. The minimum Gasteiger partial charge on any atom is -0.497 e. The van der Waals surface area contributed by atoms with E-state index in [2.05, 4.69) is 19.9 Å². The van der Waals surface area contributed by atoms with Crippen LogP contribution in [-0.2, 0) is 37.9 Å². The number of nitrogen functional groups attached to an aromatic ring is 1. The van der Waals surface area contributed by atoms with E-state index in [1.54, 1.807) is 14.2 Å². The van der Waals surface area contributed by atoms with Crippen molar-refractivity contribution in [3.63, 3.8) is 0 Å². The Labute approximate surface area is 376 Å². The zero-order valence-electron chi connectivity index (χ0n) is 36.0. The molecule has 0 saturated carbocycles. The maximum absolute atomic E-state index is 14.8. The number of fused-ring (bicyclic) bond motifs is 1. The molecule has 5 heterocycles. The number of hydrogen-bond acceptors (Lipinski definition) is 17. The van der Waals surface area contributed by atoms with Crippen LogP contribution in [0.5, 0.6) is 11.5 Å². The SMILES string of the molecule is COc1ccc(C(OC[C@H]2O[C@@H](n3cnc4c(=O)[nH]c(N)nc43)C[C@@H]2OP(=O)(OCCC#N)OC[C@H]2O[C@@H](n3cc(C)c(=O)[nH]c3=O)C[C@@H]2O)(c2ccccc2)c2ccc(OC)cc2)cc1. The summed E-state index contributed by atoms with van der Waals surface area (Å²) in [4.78, 5) is 50.7. The summed E-state index contributed by atoms with van der Waals surface area (Å²) in [7, 11) is -1.55. The highest BCUT2D eigenvalue weighted by molar-refractivity contribution is 7.48. The highest BCUT2D eigenvalue weighted by atomic mass is 31.2. The number of nitriles is 1. The number of phosphoric ester groups is 1. The van der Waals surface area contributed by atoms with Gasteiger partial charge in [-0.3, -0.25) is 42.3 Å². The summed E-state index contributed by atoms with van der Waals surface area (Å²) in [5.41, 5.74) is 5.27. The summed E-state index contributed by atoms with van der Waals surface area (Å²) in [6.07, 6.45) is -4.12. The highest BCUT2D eigenvalue weighted by Crippen LogP contribution is 2.54. The first-order chi connectivity index (χ1) is 31.8. The minimum absolute atomic E-state index is 0.00590. The Hall–Kier alpha value is -6.47. The molecule has 3 aromatic carbocycles. The first-order valence-electron chi connectivity index (χ1n) is 20.8. The van der Waals surface area contributed by atoms with Crippen molar-refractivity contribution >= 4 is 24.9 Å². The van der Waals surface area contributed by atoms with Crippen LogP contribution in [0.1, 0.15) is 54.0 Å². The van der Waals surface area contributed by atoms with Gasteiger partial charge in [0, 0.05) is 24.6 Å². The van der Waals surface area contributed by atoms with Crippen LogP contribution in [0.25, 0.3) is 11.2 Å². The van der Waals surface area contributed by atoms with Crippen LogP contribution in [0.15, 0.2) is 106 Å². The van der Waals surface area contributed by atoms with Gasteiger partial charge < -0.3 is 34.5 Å². The fraction of sp³-hybridized carbons (Fsp3) is 0.364. The molecule has 5 N–H and O–H groups in total. The number of aromatic nitrogens is 6. The zero-order valence-corrected chi connectivity index (χ0v) is 36.9. The maximum atomic E-state index is 14.8. The topological polar surface area (TPSA) is 279 Å². The Kier molecular flexibility index (Phi) is 13.7. The predicted octanol–water partition coefficient (Wildman–Crippen LogP) is 3.96. The number of aryl methyl sites for hydroxylation is 1. The number of aliphatic hydroxyl groups is 1. The molecule has 3 aromatic heterocycles. The van der Waals surface area contributed by atoms with Gasteiger partial charge in [0.15, 0.2) is 11.2 Å². The number of anilines is 1. The zero-order chi connectivity index (χ0) is 46.6. The second kappa shape index (κ2) is 19.6. The van der Waals surface area contributed by atoms with E-state index in [9.17, 15) is 29.3 Å². The van der Waals surface area contributed by atoms with E-state index in [0.717, 1.165) is 10.1 Å². The largest absolute Gasteiger partial charge is 0.497 e. The third kappa shape index (κ3) is 9.44. The number of hydrogen-bond donors (Lipinski definition) is 4. The first kappa shape index (κ1) is 46.1. The molecule has 0 aliphatic carbocycles. The van der Waals surface area contributed by atoms with Gasteiger partial charge >= 0.3 is 13.5 Å². The number of H-pyrrole nitrogens is 2. The van der Waals surface area contributed by atoms with E-state index >= 15 is 0 Å². The van der Waals surface area contributed by atoms with Crippen molar-refractivity contribution in [2.24, 2.45) is 0 Å². The molecule has 1 unspecified atom stereocenters. The van der Waals surface area contributed by atoms with E-state index in [-0.39, 0.29) is 55.2 Å². The minimum atomic E-state index is -4.69. The van der Waals surface area contributed by atoms with Crippen LogP contribution in [-0.4, -0.2) is 92.6 Å². The van der Waals surface area contributed by atoms with E-state index in [1.807, 2.05) is 84.9 Å². The van der Waals surface area contributed by atoms with Gasteiger partial charge in [0.05, 0.1) is 59.0 Å². The summed E-state index contributed by atoms with van der Waals surface area (Å²) in [6.45, 7) is 0.387. The molecule has 21 nitrogen and oxygen atoms in total. The van der Waals surface area contributed by atoms with Crippen molar-refractivity contribution in [3.05, 3.63) is 145 Å². The summed E-state index contributed by atoms with van der Waals surface area (Å²) in [5, 5.41) is 20.4. The number of ether oxygens (including phenoxy) is 5. The predicted molar refractivity (Wildman–Crippen MR) is 235 cm³/mol. The number of nitrogens with zero attached hydrogens (tertiary/aromatic N) is 5. The third-order valence-electron chi connectivity index (χ3n) is 11.4. The Morgan fingerprint density at radius 2 is 1.50 bits per heavy atom. The molecule has 8 rings (SSSR count). The average molecular weight is 927 g/mol. The van der Waals surface area contributed by atoms with Gasteiger partial charge in [0.1, 0.15) is 47.9 Å². The van der Waals surface area contributed by atoms with Crippen LogP contribution in [0.2, 0.25) is 0 Å². The van der Waals surface area contributed by atoms with Gasteiger partial charge in [-0.2, -0.15) is 10.2 Å². The molecule has 0 bridgehead atoms. The standard InChI is InChI=1S/C44H47N8O13P/c1-26-22-51(43(56)50-40(26)54)36-20-32(53)34(63-36)24-62-66(57,61-19-7-18-45)65-33-21-37(52-25-47-38-39(52)48-42(46)49-41(38)55)64-35(33)23-60-44(27-8-5-4-6-9-27,28-10-14-30(58-2)15-11-28)29-12-16-31(59-3)17-13-29/h4-6,8-17,22,25,32-37,53H,7,19-21,23-24H2,1-3H3,(H,50,54,56)(H3,46,48,49,55)/t32-,33-,34+,35+,36+,37+,66?/m0/s1. The Bertz CT molecular complexity index is 2870. The van der Waals surface area contributed by atoms with E-state index < -0.39 is 73.7 Å². The van der Waals surface area contributed by atoms with Crippen molar-refractivity contribution in [1.29, 1.82) is 5.26 Å². The van der Waals surface area contributed by atoms with Crippen LogP contribution in [0.4, 0.5) is 5.95 Å². The number of nitrogens with two attached hydrogens (primary N) is 1. The van der Waals surface area contributed by atoms with E-state index in [1.165, 1.54) is 24.0 Å². The molecule has 22 heteroatoms. The number of aromatic amines is 2. The number of benzene rings is 3. The molecule has 2 aliphatic rings. The van der Waals surface area contributed by atoms with Gasteiger partial charge in [0.25, 0.3) is 11.1 Å². The van der Waals surface area contributed by atoms with Crippen molar-refractivity contribution in [3.8, 4) is 17.6 Å². The molecule has 7 atom stereocenters. The highest BCUT2D eigenvalue weighted by Gasteiger charge is 2.47. The fourth-order valence-electron chi connectivity index (χ4n) is 8.04. The van der Waals surface area contributed by atoms with Crippen molar-refractivity contribution in [2.75, 3.05) is 39.8 Å². The van der Waals surface area contributed by atoms with Crippen LogP contribution in [0, 0.1) is 18.3 Å². The Morgan fingerprint density at radius 1 is 0.864 bits per heavy atom. The molecule has 2 saturated heterocycles. The van der Waals surface area contributed by atoms with E-state index in [4.69, 9.17) is 43.0 Å². The third-order valence-corrected chi connectivity index (χ3v) is 12.9. The number of aliphatic hydroxyl groups excluding tert-OH is 1. The summed E-state index contributed by atoms with van der Waals surface area (Å²) >= 11 is 0. The number of rotatable bonds is 18. The molecule has 2 aliphatic heterocycles. The van der Waals surface area contributed by atoms with Gasteiger partial charge in [0.2, 0.25) is 5.95 Å². The number of phosphoric acid groups is 1. The van der Waals surface area contributed by atoms with E-state index in [0.29, 0.717) is 22.6 Å². The van der Waals surface area contributed by atoms with Gasteiger partial charge in [-0.1, -0.05) is 54.6 Å². The molecule has 2 fully saturated rings. The monoisotopic (exact) mass is 926 g/mol. The van der Waals surface area contributed by atoms with Gasteiger partial charge in [-0.25, -0.2) is 14.3 Å². The lowest BCUT2D eigenvalue weighted by Crippen LogP contribution is -2.38. The molecule has 0 radical (unpaired) electrons. The molecule has 66 heavy (non-hydrogen) atoms. The first-order valence-corrected chi connectivity index (χ1v) is 22.3. The van der Waals surface area contributed by atoms with Crippen LogP contribution >= 0.6 is 7.82 Å². The lowest BCUT2D eigenvalue weighted by molar-refractivity contribution is -0.0948. The lowest BCUT2D eigenvalue weighted by atomic mass is 9.80. The summed E-state index contributed by atoms with van der Waals surface area (Å²) < 4.78 is 66.2. The average Bonchev–Trinajstić information content (AvgIpc) is 4.04. The molecule has 346 valence electrons. The molecular weight excluding hydrogens is 880 g/mol. The Morgan fingerprint density at radius 3 is 2.15 bits per heavy atom. The van der Waals surface area contributed by atoms with Crippen LogP contribution in [0.3, 0.4) is 0 Å². The van der Waals surface area contributed by atoms with Gasteiger partial charge in [-0.15, -0.1) is 0 Å². The van der Waals surface area contributed by atoms with Crippen molar-refractivity contribution in [1.82, 2.24) is 29.1 Å². The normalized spacial score (nSPS) is 21.7. The van der Waals surface area contributed by atoms with Crippen LogP contribution < -0.4 is 32.0 Å². The summed E-state index contributed by atoms with van der Waals surface area (Å²) in [6, 6.07) is 26.3. The molecule has 6 aromatic rings. The quantitative estimate of drug-likeness (QED) is 0.0539. The number of methoxy groups -OCH3 is 2. The van der Waals surface area contributed by atoms with Crippen molar-refractivity contribution in [2.45, 2.75) is 68.7 Å². The second-order valence-corrected chi connectivity index (χ2v) is 17.1. The smallest absolute Gasteiger partial charge is 0.475 e. The number of imidazole rings is 1. The second-order valence-electron chi connectivity index (χ2n) is 15.5. The van der Waals surface area contributed by atoms with Crippen molar-refractivity contribution < 1.29 is 46.9 Å².